The van der Waals surface area contributed by atoms with Crippen molar-refractivity contribution in [2.45, 2.75) is 52.2 Å². The molecular formula is C19H24BrN3O3. The summed E-state index contributed by atoms with van der Waals surface area (Å²) in [6.45, 7) is 8.08. The third-order valence-corrected chi connectivity index (χ3v) is 5.10. The molecule has 1 aliphatic heterocycles. The Morgan fingerprint density at radius 2 is 2.04 bits per heavy atom. The van der Waals surface area contributed by atoms with Crippen LogP contribution in [0.5, 0.6) is 0 Å². The van der Waals surface area contributed by atoms with Gasteiger partial charge in [0, 0.05) is 18.1 Å². The molecule has 0 N–H and O–H groups in total. The number of hydrogen-bond acceptors (Lipinski definition) is 4. The van der Waals surface area contributed by atoms with Crippen molar-refractivity contribution in [1.29, 1.82) is 0 Å². The Labute approximate surface area is 161 Å². The van der Waals surface area contributed by atoms with E-state index in [9.17, 15) is 9.59 Å². The molecule has 6 nitrogen and oxygen atoms in total. The van der Waals surface area contributed by atoms with Gasteiger partial charge in [-0.15, -0.1) is 0 Å². The first-order chi connectivity index (χ1) is 12.1. The molecule has 140 valence electrons. The number of aromatic nitrogens is 2. The zero-order valence-electron chi connectivity index (χ0n) is 15.8. The number of hydrogen-bond donors (Lipinski definition) is 0. The molecule has 0 radical (unpaired) electrons. The number of likely N-dealkylation sites (tertiary alicyclic amines) is 1. The maximum absolute atomic E-state index is 12.9. The smallest absolute Gasteiger partial charge is 0.410 e. The van der Waals surface area contributed by atoms with Gasteiger partial charge < -0.3 is 4.74 Å². The van der Waals surface area contributed by atoms with Crippen molar-refractivity contribution in [2.75, 3.05) is 6.54 Å². The van der Waals surface area contributed by atoms with E-state index in [-0.39, 0.29) is 17.7 Å². The molecule has 0 bridgehead atoms. The van der Waals surface area contributed by atoms with E-state index >= 15 is 0 Å². The lowest BCUT2D eigenvalue weighted by molar-refractivity contribution is 0.0215. The Hall–Kier alpha value is -1.89. The second-order valence-electron chi connectivity index (χ2n) is 7.81. The summed E-state index contributed by atoms with van der Waals surface area (Å²) in [6.07, 6.45) is 1.25. The number of ether oxygens (including phenoxy) is 1. The molecule has 0 aliphatic carbocycles. The molecule has 0 saturated carbocycles. The average molecular weight is 422 g/mol. The molecule has 1 aliphatic rings. The molecular weight excluding hydrogens is 398 g/mol. The first-order valence-corrected chi connectivity index (χ1v) is 9.54. The largest absolute Gasteiger partial charge is 0.444 e. The van der Waals surface area contributed by atoms with Crippen LogP contribution in [0.3, 0.4) is 0 Å². The minimum atomic E-state index is -0.562. The van der Waals surface area contributed by atoms with Crippen LogP contribution in [-0.4, -0.2) is 32.7 Å². The normalized spacial score (nSPS) is 17.8. The number of carbonyl (C=O) groups excluding carboxylic acids is 1. The highest BCUT2D eigenvalue weighted by atomic mass is 79.9. The van der Waals surface area contributed by atoms with E-state index in [0.717, 1.165) is 22.9 Å². The lowest BCUT2D eigenvalue weighted by Crippen LogP contribution is -2.38. The minimum Gasteiger partial charge on any atom is -0.444 e. The number of carbonyl (C=O) groups is 1. The molecule has 1 unspecified atom stereocenters. The van der Waals surface area contributed by atoms with Crippen molar-refractivity contribution >= 4 is 32.9 Å². The molecule has 1 aromatic carbocycles. The molecule has 1 amide bonds. The highest BCUT2D eigenvalue weighted by molar-refractivity contribution is 9.10. The SMILES string of the molecule is Cc1cc(Br)c2nc(C3CCCN3C(=O)OC(C)(C)C)n(C)c(=O)c2c1. The van der Waals surface area contributed by atoms with Crippen LogP contribution in [0.4, 0.5) is 4.79 Å². The summed E-state index contributed by atoms with van der Waals surface area (Å²) in [5.41, 5.74) is 0.954. The fourth-order valence-corrected chi connectivity index (χ4v) is 4.02. The highest BCUT2D eigenvalue weighted by Gasteiger charge is 2.35. The van der Waals surface area contributed by atoms with Gasteiger partial charge in [0.2, 0.25) is 0 Å². The molecule has 3 rings (SSSR count). The van der Waals surface area contributed by atoms with Gasteiger partial charge in [-0.3, -0.25) is 14.3 Å². The van der Waals surface area contributed by atoms with Crippen molar-refractivity contribution in [1.82, 2.24) is 14.5 Å². The van der Waals surface area contributed by atoms with Gasteiger partial charge in [0.15, 0.2) is 0 Å². The zero-order chi connectivity index (χ0) is 19.2. The summed E-state index contributed by atoms with van der Waals surface area (Å²) in [7, 11) is 1.71. The predicted octanol–water partition coefficient (Wildman–Crippen LogP) is 4.08. The van der Waals surface area contributed by atoms with E-state index in [1.54, 1.807) is 16.5 Å². The zero-order valence-corrected chi connectivity index (χ0v) is 17.4. The van der Waals surface area contributed by atoms with Crippen LogP contribution in [0.2, 0.25) is 0 Å². The number of fused-ring (bicyclic) bond motifs is 1. The Balaban J connectivity index is 2.08. The molecule has 1 saturated heterocycles. The van der Waals surface area contributed by atoms with Crippen molar-refractivity contribution in [3.8, 4) is 0 Å². The van der Waals surface area contributed by atoms with Crippen molar-refractivity contribution in [3.05, 3.63) is 38.3 Å². The molecule has 1 atom stereocenters. The molecule has 2 heterocycles. The minimum absolute atomic E-state index is 0.106. The van der Waals surface area contributed by atoms with Crippen LogP contribution >= 0.6 is 15.9 Å². The molecule has 7 heteroatoms. The summed E-state index contributed by atoms with van der Waals surface area (Å²) in [5.74, 6) is 0.593. The first-order valence-electron chi connectivity index (χ1n) is 8.75. The Bertz CT molecular complexity index is 930. The third kappa shape index (κ3) is 3.49. The lowest BCUT2D eigenvalue weighted by Gasteiger charge is -2.29. The average Bonchev–Trinajstić information content (AvgIpc) is 2.99. The molecule has 26 heavy (non-hydrogen) atoms. The summed E-state index contributed by atoms with van der Waals surface area (Å²) in [4.78, 5) is 31.9. The predicted molar refractivity (Wildman–Crippen MR) is 104 cm³/mol. The van der Waals surface area contributed by atoms with Crippen LogP contribution in [0.25, 0.3) is 10.9 Å². The maximum atomic E-state index is 12.9. The fraction of sp³-hybridized carbons (Fsp3) is 0.526. The summed E-state index contributed by atoms with van der Waals surface area (Å²) in [6, 6.07) is 3.53. The van der Waals surface area contributed by atoms with Gasteiger partial charge in [-0.1, -0.05) is 0 Å². The third-order valence-electron chi connectivity index (χ3n) is 4.49. The highest BCUT2D eigenvalue weighted by Crippen LogP contribution is 2.33. The molecule has 0 spiro atoms. The van der Waals surface area contributed by atoms with E-state index in [4.69, 9.17) is 9.72 Å². The molecule has 1 aromatic heterocycles. The van der Waals surface area contributed by atoms with Gasteiger partial charge in [-0.2, -0.15) is 0 Å². The second kappa shape index (κ2) is 6.68. The van der Waals surface area contributed by atoms with Crippen LogP contribution in [-0.2, 0) is 11.8 Å². The Morgan fingerprint density at radius 3 is 2.69 bits per heavy atom. The topological polar surface area (TPSA) is 64.4 Å². The number of nitrogens with zero attached hydrogens (tertiary/aromatic N) is 3. The van der Waals surface area contributed by atoms with E-state index < -0.39 is 5.60 Å². The molecule has 2 aromatic rings. The van der Waals surface area contributed by atoms with Gasteiger partial charge in [-0.25, -0.2) is 9.78 Å². The van der Waals surface area contributed by atoms with E-state index in [0.29, 0.717) is 23.3 Å². The summed E-state index contributed by atoms with van der Waals surface area (Å²) >= 11 is 3.52. The Morgan fingerprint density at radius 1 is 1.35 bits per heavy atom. The van der Waals surface area contributed by atoms with E-state index in [2.05, 4.69) is 15.9 Å². The number of amides is 1. The quantitative estimate of drug-likeness (QED) is 0.695. The standard InChI is InChI=1S/C19H24BrN3O3/c1-11-9-12-15(13(20)10-11)21-16(22(5)17(12)24)14-7-6-8-23(14)18(25)26-19(2,3)4/h9-10,14H,6-8H2,1-5H3. The van der Waals surface area contributed by atoms with Crippen molar-refractivity contribution in [2.24, 2.45) is 7.05 Å². The van der Waals surface area contributed by atoms with Crippen LogP contribution in [0, 0.1) is 6.92 Å². The number of halogens is 1. The van der Waals surface area contributed by atoms with Crippen molar-refractivity contribution < 1.29 is 9.53 Å². The monoisotopic (exact) mass is 421 g/mol. The van der Waals surface area contributed by atoms with E-state index in [1.807, 2.05) is 39.8 Å². The number of rotatable bonds is 1. The number of aryl methyl sites for hydroxylation is 1. The van der Waals surface area contributed by atoms with Crippen molar-refractivity contribution in [3.63, 3.8) is 0 Å². The molecule has 1 fully saturated rings. The first kappa shape index (κ1) is 18.9. The summed E-state index contributed by atoms with van der Waals surface area (Å²) in [5, 5.41) is 0.574. The van der Waals surface area contributed by atoms with Gasteiger partial charge in [-0.05, 0) is 74.2 Å². The van der Waals surface area contributed by atoms with Crippen LogP contribution in [0.1, 0.15) is 51.0 Å². The van der Waals surface area contributed by atoms with Crippen LogP contribution < -0.4 is 5.56 Å². The number of benzene rings is 1. The van der Waals surface area contributed by atoms with Gasteiger partial charge in [0.25, 0.3) is 5.56 Å². The van der Waals surface area contributed by atoms with Crippen LogP contribution in [0.15, 0.2) is 21.4 Å². The maximum Gasteiger partial charge on any atom is 0.410 e. The van der Waals surface area contributed by atoms with Gasteiger partial charge in [0.1, 0.15) is 11.4 Å². The second-order valence-corrected chi connectivity index (χ2v) is 8.66. The lowest BCUT2D eigenvalue weighted by atomic mass is 10.1. The van der Waals surface area contributed by atoms with E-state index in [1.165, 1.54) is 0 Å². The Kier molecular flexibility index (Phi) is 4.86. The fourth-order valence-electron chi connectivity index (χ4n) is 3.36. The van der Waals surface area contributed by atoms with Gasteiger partial charge >= 0.3 is 6.09 Å². The van der Waals surface area contributed by atoms with Gasteiger partial charge in [0.05, 0.1) is 16.9 Å². The summed E-state index contributed by atoms with van der Waals surface area (Å²) < 4.78 is 7.88.